The minimum atomic E-state index is 1.24. The molecule has 1 aliphatic carbocycles. The monoisotopic (exact) mass is 133 g/mol. The Balaban J connectivity index is 2.33. The lowest BCUT2D eigenvalue weighted by Gasteiger charge is -2.12. The van der Waals surface area contributed by atoms with Crippen LogP contribution in [-0.2, 0) is 0 Å². The SMILES string of the molecule is C1=CC2=C(C=[N+]1)CCCC2. The van der Waals surface area contributed by atoms with Gasteiger partial charge in [0.2, 0.25) is 12.4 Å². The molecule has 0 saturated heterocycles. The van der Waals surface area contributed by atoms with E-state index in [0.717, 1.165) is 0 Å². The van der Waals surface area contributed by atoms with E-state index in [-0.39, 0.29) is 0 Å². The van der Waals surface area contributed by atoms with E-state index in [4.69, 9.17) is 0 Å². The molecule has 0 unspecified atom stereocenters. The van der Waals surface area contributed by atoms with Crippen LogP contribution in [0.1, 0.15) is 25.7 Å². The third-order valence-corrected chi connectivity index (χ3v) is 2.15. The van der Waals surface area contributed by atoms with Crippen LogP contribution in [0, 0.1) is 0 Å². The molecule has 0 saturated carbocycles. The van der Waals surface area contributed by atoms with Crippen molar-refractivity contribution in [3.8, 4) is 0 Å². The molecular formula is C9H11N+. The summed E-state index contributed by atoms with van der Waals surface area (Å²) in [5.74, 6) is 0. The Kier molecular flexibility index (Phi) is 1.42. The third kappa shape index (κ3) is 0.919. The Hall–Kier alpha value is -0.850. The highest BCUT2D eigenvalue weighted by molar-refractivity contribution is 5.81. The smallest absolute Gasteiger partial charge is 0.0489 e. The van der Waals surface area contributed by atoms with Crippen LogP contribution in [0.3, 0.4) is 0 Å². The summed E-state index contributed by atoms with van der Waals surface area (Å²) in [7, 11) is 0. The van der Waals surface area contributed by atoms with E-state index < -0.39 is 0 Å². The maximum Gasteiger partial charge on any atom is 0.245 e. The number of hydrogen-bond acceptors (Lipinski definition) is 1. The largest absolute Gasteiger partial charge is 0.245 e. The molecule has 0 atom stereocenters. The lowest BCUT2D eigenvalue weighted by atomic mass is 9.91. The van der Waals surface area contributed by atoms with Gasteiger partial charge in [-0.25, -0.2) is 0 Å². The maximum atomic E-state index is 4.10. The van der Waals surface area contributed by atoms with Crippen molar-refractivity contribution in [1.82, 2.24) is 4.99 Å². The van der Waals surface area contributed by atoms with Crippen LogP contribution in [0.5, 0.6) is 0 Å². The quantitative estimate of drug-likeness (QED) is 0.478. The molecule has 0 fully saturated rings. The van der Waals surface area contributed by atoms with E-state index >= 15 is 0 Å². The van der Waals surface area contributed by atoms with Crippen LogP contribution in [0.4, 0.5) is 0 Å². The first kappa shape index (κ1) is 5.90. The van der Waals surface area contributed by atoms with Gasteiger partial charge in [-0.1, -0.05) is 0 Å². The van der Waals surface area contributed by atoms with E-state index in [9.17, 15) is 0 Å². The molecule has 0 amide bonds. The van der Waals surface area contributed by atoms with Gasteiger partial charge >= 0.3 is 0 Å². The average Bonchev–Trinajstić information content (AvgIpc) is 2.05. The van der Waals surface area contributed by atoms with Gasteiger partial charge in [0.15, 0.2) is 0 Å². The van der Waals surface area contributed by atoms with Crippen LogP contribution in [0.25, 0.3) is 0 Å². The van der Waals surface area contributed by atoms with Gasteiger partial charge in [-0.05, 0) is 31.3 Å². The van der Waals surface area contributed by atoms with Crippen LogP contribution in [0.2, 0.25) is 0 Å². The molecule has 1 heterocycles. The molecule has 51 valence electrons. The van der Waals surface area contributed by atoms with Crippen molar-refractivity contribution >= 4 is 6.21 Å². The second-order valence-electron chi connectivity index (χ2n) is 2.85. The molecule has 1 radical (unpaired) electrons. The molecule has 0 N–H and O–H groups in total. The van der Waals surface area contributed by atoms with Gasteiger partial charge in [0, 0.05) is 11.6 Å². The Morgan fingerprint density at radius 2 is 1.90 bits per heavy atom. The van der Waals surface area contributed by atoms with Crippen LogP contribution < -0.4 is 4.99 Å². The molecule has 1 nitrogen and oxygen atoms in total. The molecular weight excluding hydrogens is 122 g/mol. The van der Waals surface area contributed by atoms with Crippen molar-refractivity contribution < 1.29 is 0 Å². The minimum absolute atomic E-state index is 1.24. The molecule has 1 aliphatic heterocycles. The van der Waals surface area contributed by atoms with Gasteiger partial charge in [-0.2, -0.15) is 0 Å². The lowest BCUT2D eigenvalue weighted by Crippen LogP contribution is -2.04. The number of aliphatic imine (C=N–C) groups is 1. The second kappa shape index (κ2) is 2.41. The van der Waals surface area contributed by atoms with Crippen molar-refractivity contribution in [2.45, 2.75) is 25.7 Å². The highest BCUT2D eigenvalue weighted by atomic mass is 14.7. The normalized spacial score (nSPS) is 23.2. The molecule has 0 spiro atoms. The van der Waals surface area contributed by atoms with Crippen LogP contribution >= 0.6 is 0 Å². The fourth-order valence-electron chi connectivity index (χ4n) is 1.56. The van der Waals surface area contributed by atoms with Crippen molar-refractivity contribution in [1.29, 1.82) is 0 Å². The number of rotatable bonds is 0. The highest BCUT2D eigenvalue weighted by Crippen LogP contribution is 2.24. The summed E-state index contributed by atoms with van der Waals surface area (Å²) in [6.07, 6.45) is 11.3. The predicted octanol–water partition coefficient (Wildman–Crippen LogP) is 1.79. The van der Waals surface area contributed by atoms with Crippen molar-refractivity contribution in [2.24, 2.45) is 0 Å². The fourth-order valence-corrected chi connectivity index (χ4v) is 1.56. The first-order valence-corrected chi connectivity index (χ1v) is 3.88. The summed E-state index contributed by atoms with van der Waals surface area (Å²) in [5, 5.41) is 0. The first-order chi connectivity index (χ1) is 4.97. The lowest BCUT2D eigenvalue weighted by molar-refractivity contribution is 0.698. The zero-order chi connectivity index (χ0) is 6.81. The van der Waals surface area contributed by atoms with E-state index in [0.29, 0.717) is 0 Å². The Labute approximate surface area is 61.2 Å². The average molecular weight is 133 g/mol. The number of allylic oxidation sites excluding steroid dienone is 3. The summed E-state index contributed by atoms with van der Waals surface area (Å²) >= 11 is 0. The number of nitrogens with zero attached hydrogens (tertiary/aromatic N) is 1. The van der Waals surface area contributed by atoms with Gasteiger partial charge in [0.1, 0.15) is 0 Å². The fraction of sp³-hybridized carbons (Fsp3) is 0.444. The molecule has 10 heavy (non-hydrogen) atoms. The molecule has 0 aromatic carbocycles. The van der Waals surface area contributed by atoms with Crippen molar-refractivity contribution in [2.75, 3.05) is 0 Å². The van der Waals surface area contributed by atoms with E-state index in [1.54, 1.807) is 0 Å². The molecule has 0 bridgehead atoms. The molecule has 0 aromatic heterocycles. The minimum Gasteiger partial charge on any atom is -0.0489 e. The van der Waals surface area contributed by atoms with Gasteiger partial charge in [0.05, 0.1) is 4.99 Å². The van der Waals surface area contributed by atoms with Gasteiger partial charge in [-0.15, -0.1) is 0 Å². The summed E-state index contributed by atoms with van der Waals surface area (Å²) in [6.45, 7) is 0. The zero-order valence-corrected chi connectivity index (χ0v) is 6.01. The second-order valence-corrected chi connectivity index (χ2v) is 2.85. The van der Waals surface area contributed by atoms with Crippen LogP contribution in [0.15, 0.2) is 23.4 Å². The topological polar surface area (TPSA) is 14.1 Å². The summed E-state index contributed by atoms with van der Waals surface area (Å²) in [4.78, 5) is 4.10. The summed E-state index contributed by atoms with van der Waals surface area (Å²) < 4.78 is 0. The van der Waals surface area contributed by atoms with Gasteiger partial charge < -0.3 is 0 Å². The zero-order valence-electron chi connectivity index (χ0n) is 6.01. The third-order valence-electron chi connectivity index (χ3n) is 2.15. The van der Waals surface area contributed by atoms with E-state index in [2.05, 4.69) is 11.1 Å². The molecule has 1 heteroatoms. The van der Waals surface area contributed by atoms with Gasteiger partial charge in [-0.3, -0.25) is 0 Å². The highest BCUT2D eigenvalue weighted by Gasteiger charge is 2.14. The van der Waals surface area contributed by atoms with E-state index in [1.165, 1.54) is 36.8 Å². The Bertz CT molecular complexity index is 197. The maximum absolute atomic E-state index is 4.10. The van der Waals surface area contributed by atoms with Crippen molar-refractivity contribution in [3.63, 3.8) is 0 Å². The Morgan fingerprint density at radius 3 is 2.70 bits per heavy atom. The Morgan fingerprint density at radius 1 is 1.10 bits per heavy atom. The summed E-state index contributed by atoms with van der Waals surface area (Å²) in [5.41, 5.74) is 2.98. The van der Waals surface area contributed by atoms with Crippen LogP contribution in [-0.4, -0.2) is 6.21 Å². The van der Waals surface area contributed by atoms with E-state index in [1.807, 2.05) is 12.4 Å². The summed E-state index contributed by atoms with van der Waals surface area (Å²) in [6, 6.07) is 0. The van der Waals surface area contributed by atoms with Crippen molar-refractivity contribution in [3.05, 3.63) is 23.4 Å². The molecule has 2 aliphatic rings. The predicted molar refractivity (Wildman–Crippen MR) is 42.8 cm³/mol. The molecule has 0 aromatic rings. The standard InChI is InChI=1S/C9H11N/c1-2-4-9-7-10-6-5-8(9)3-1/h5-7H,1-4H2/q+1. The molecule has 2 rings (SSSR count). The number of hydrogen-bond donors (Lipinski definition) is 0. The van der Waals surface area contributed by atoms with Gasteiger partial charge in [0.25, 0.3) is 0 Å². The first-order valence-electron chi connectivity index (χ1n) is 3.88.